The summed E-state index contributed by atoms with van der Waals surface area (Å²) in [7, 11) is 0. The van der Waals surface area contributed by atoms with Crippen molar-refractivity contribution in [3.8, 4) is 0 Å². The molecule has 1 fully saturated rings. The van der Waals surface area contributed by atoms with Crippen LogP contribution in [0.2, 0.25) is 0 Å². The number of rotatable bonds is 9. The van der Waals surface area contributed by atoms with Crippen molar-refractivity contribution in [2.45, 2.75) is 38.1 Å². The average Bonchev–Trinajstić information content (AvgIpc) is 2.65. The molecule has 1 aliphatic rings. The molecule has 2 rings (SSSR count). The first-order valence-corrected chi connectivity index (χ1v) is 10.7. The zero-order valence-corrected chi connectivity index (χ0v) is 16.5. The lowest BCUT2D eigenvalue weighted by atomic mass is 9.93. The maximum atomic E-state index is 12.9. The minimum Gasteiger partial charge on any atom is -0.481 e. The number of nitrogens with one attached hydrogen (secondary N) is 1. The van der Waals surface area contributed by atoms with E-state index in [2.05, 4.69) is 5.32 Å². The van der Waals surface area contributed by atoms with Crippen molar-refractivity contribution < 1.29 is 19.5 Å². The molecule has 0 radical (unpaired) electrons. The highest BCUT2D eigenvalue weighted by atomic mass is 32.2. The van der Waals surface area contributed by atoms with Crippen LogP contribution in [0.4, 0.5) is 0 Å². The average molecular weight is 393 g/mol. The van der Waals surface area contributed by atoms with Crippen LogP contribution in [-0.2, 0) is 20.8 Å². The van der Waals surface area contributed by atoms with Gasteiger partial charge in [0.15, 0.2) is 0 Å². The van der Waals surface area contributed by atoms with Gasteiger partial charge >= 0.3 is 5.97 Å². The van der Waals surface area contributed by atoms with Crippen LogP contribution in [0.5, 0.6) is 0 Å². The number of carboxylic acid groups (broad SMARTS) is 1. The van der Waals surface area contributed by atoms with Crippen LogP contribution in [0.25, 0.3) is 0 Å². The summed E-state index contributed by atoms with van der Waals surface area (Å²) in [4.78, 5) is 37.9. The number of piperidine rings is 1. The van der Waals surface area contributed by atoms with Gasteiger partial charge in [-0.1, -0.05) is 30.3 Å². The standard InChI is InChI=1S/C20H28N2O4S/c1-27-12-9-17(21-18(23)13-15-5-3-2-4-6-15)20(26)22-10-7-16(8-11-22)14-19(24)25/h2-6,16-17H,7-14H2,1H3,(H,21,23)(H,24,25). The molecule has 6 nitrogen and oxygen atoms in total. The number of nitrogens with zero attached hydrogens (tertiary/aromatic N) is 1. The van der Waals surface area contributed by atoms with Crippen LogP contribution >= 0.6 is 11.8 Å². The van der Waals surface area contributed by atoms with Gasteiger partial charge in [-0.15, -0.1) is 0 Å². The van der Waals surface area contributed by atoms with E-state index in [4.69, 9.17) is 5.11 Å². The van der Waals surface area contributed by atoms with Gasteiger partial charge in [0.05, 0.1) is 6.42 Å². The lowest BCUT2D eigenvalue weighted by Gasteiger charge is -2.34. The molecule has 1 heterocycles. The first kappa shape index (κ1) is 21.3. The second kappa shape index (κ2) is 11.0. The van der Waals surface area contributed by atoms with Gasteiger partial charge in [-0.3, -0.25) is 14.4 Å². The maximum Gasteiger partial charge on any atom is 0.303 e. The smallest absolute Gasteiger partial charge is 0.303 e. The Morgan fingerprint density at radius 1 is 1.22 bits per heavy atom. The number of thioether (sulfide) groups is 1. The van der Waals surface area contributed by atoms with Gasteiger partial charge in [0.1, 0.15) is 6.04 Å². The molecule has 1 saturated heterocycles. The molecule has 1 atom stereocenters. The molecule has 2 amide bonds. The van der Waals surface area contributed by atoms with Gasteiger partial charge in [-0.2, -0.15) is 11.8 Å². The summed E-state index contributed by atoms with van der Waals surface area (Å²) in [6, 6.07) is 8.95. The largest absolute Gasteiger partial charge is 0.481 e. The van der Waals surface area contributed by atoms with Crippen LogP contribution in [-0.4, -0.2) is 58.9 Å². The zero-order valence-electron chi connectivity index (χ0n) is 15.7. The first-order chi connectivity index (χ1) is 13.0. The lowest BCUT2D eigenvalue weighted by Crippen LogP contribution is -2.51. The highest BCUT2D eigenvalue weighted by Crippen LogP contribution is 2.21. The van der Waals surface area contributed by atoms with Crippen LogP contribution < -0.4 is 5.32 Å². The Morgan fingerprint density at radius 2 is 1.89 bits per heavy atom. The van der Waals surface area contributed by atoms with Gasteiger partial charge in [-0.25, -0.2) is 0 Å². The van der Waals surface area contributed by atoms with E-state index in [0.29, 0.717) is 32.4 Å². The summed E-state index contributed by atoms with van der Waals surface area (Å²) in [5, 5.41) is 11.8. The molecule has 0 aromatic heterocycles. The van der Waals surface area contributed by atoms with Gasteiger partial charge in [0.2, 0.25) is 11.8 Å². The van der Waals surface area contributed by atoms with Crippen molar-refractivity contribution in [2.24, 2.45) is 5.92 Å². The Morgan fingerprint density at radius 3 is 2.48 bits per heavy atom. The summed E-state index contributed by atoms with van der Waals surface area (Å²) in [5.74, 6) is -0.0763. The number of benzene rings is 1. The molecule has 2 N–H and O–H groups in total. The van der Waals surface area contributed by atoms with E-state index in [1.54, 1.807) is 16.7 Å². The minimum atomic E-state index is -0.786. The molecule has 0 aliphatic carbocycles. The van der Waals surface area contributed by atoms with Crippen LogP contribution in [0.1, 0.15) is 31.2 Å². The van der Waals surface area contributed by atoms with Crippen molar-refractivity contribution in [1.82, 2.24) is 10.2 Å². The van der Waals surface area contributed by atoms with Crippen molar-refractivity contribution in [3.05, 3.63) is 35.9 Å². The number of carbonyl (C=O) groups excluding carboxylic acids is 2. The van der Waals surface area contributed by atoms with Crippen molar-refractivity contribution in [2.75, 3.05) is 25.1 Å². The molecule has 1 aromatic rings. The Labute approximate surface area is 164 Å². The second-order valence-electron chi connectivity index (χ2n) is 6.93. The second-order valence-corrected chi connectivity index (χ2v) is 7.92. The fourth-order valence-electron chi connectivity index (χ4n) is 3.34. The van der Waals surface area contributed by atoms with E-state index in [-0.39, 0.29) is 30.6 Å². The fourth-order valence-corrected chi connectivity index (χ4v) is 3.82. The first-order valence-electron chi connectivity index (χ1n) is 9.32. The minimum absolute atomic E-state index is 0.0563. The van der Waals surface area contributed by atoms with Crippen LogP contribution in [0.3, 0.4) is 0 Å². The SMILES string of the molecule is CSCCC(NC(=O)Cc1ccccc1)C(=O)N1CCC(CC(=O)O)CC1. The molecule has 1 aromatic carbocycles. The third-order valence-corrected chi connectivity index (χ3v) is 5.48. The highest BCUT2D eigenvalue weighted by Gasteiger charge is 2.29. The molecule has 148 valence electrons. The molecular weight excluding hydrogens is 364 g/mol. The number of aliphatic carboxylic acids is 1. The van der Waals surface area contributed by atoms with Crippen LogP contribution in [0.15, 0.2) is 30.3 Å². The molecule has 0 bridgehead atoms. The Hall–Kier alpha value is -2.02. The van der Waals surface area contributed by atoms with E-state index in [1.165, 1.54) is 0 Å². The van der Waals surface area contributed by atoms with Gasteiger partial charge < -0.3 is 15.3 Å². The number of carboxylic acids is 1. The predicted molar refractivity (Wildman–Crippen MR) is 107 cm³/mol. The molecule has 7 heteroatoms. The molecule has 1 unspecified atom stereocenters. The van der Waals surface area contributed by atoms with Gasteiger partial charge in [0, 0.05) is 19.5 Å². The van der Waals surface area contributed by atoms with Crippen molar-refractivity contribution in [1.29, 1.82) is 0 Å². The van der Waals surface area contributed by atoms with Gasteiger partial charge in [-0.05, 0) is 42.8 Å². The van der Waals surface area contributed by atoms with E-state index < -0.39 is 12.0 Å². The third kappa shape index (κ3) is 7.25. The Kier molecular flexibility index (Phi) is 8.64. The molecule has 0 saturated carbocycles. The summed E-state index contributed by atoms with van der Waals surface area (Å²) in [6.45, 7) is 1.11. The topological polar surface area (TPSA) is 86.7 Å². The summed E-state index contributed by atoms with van der Waals surface area (Å²) in [5.41, 5.74) is 0.917. The monoisotopic (exact) mass is 392 g/mol. The predicted octanol–water partition coefficient (Wildman–Crippen LogP) is 2.18. The van der Waals surface area contributed by atoms with Gasteiger partial charge in [0.25, 0.3) is 0 Å². The number of hydrogen-bond donors (Lipinski definition) is 2. The third-order valence-electron chi connectivity index (χ3n) is 4.84. The number of hydrogen-bond acceptors (Lipinski definition) is 4. The number of carbonyl (C=O) groups is 3. The van der Waals surface area contributed by atoms with Crippen LogP contribution in [0, 0.1) is 5.92 Å². The van der Waals surface area contributed by atoms with Crippen molar-refractivity contribution >= 4 is 29.5 Å². The normalized spacial score (nSPS) is 16.0. The van der Waals surface area contributed by atoms with E-state index in [9.17, 15) is 14.4 Å². The zero-order chi connectivity index (χ0) is 19.6. The quantitative estimate of drug-likeness (QED) is 0.673. The molecule has 0 spiro atoms. The molecule has 1 aliphatic heterocycles. The summed E-state index contributed by atoms with van der Waals surface area (Å²) >= 11 is 1.64. The van der Waals surface area contributed by atoms with E-state index >= 15 is 0 Å². The summed E-state index contributed by atoms with van der Waals surface area (Å²) < 4.78 is 0. The summed E-state index contributed by atoms with van der Waals surface area (Å²) in [6.07, 6.45) is 4.38. The fraction of sp³-hybridized carbons (Fsp3) is 0.550. The molecule has 27 heavy (non-hydrogen) atoms. The molecular formula is C20H28N2O4S. The Balaban J connectivity index is 1.91. The number of likely N-dealkylation sites (tertiary alicyclic amines) is 1. The Bertz CT molecular complexity index is 630. The van der Waals surface area contributed by atoms with E-state index in [1.807, 2.05) is 36.6 Å². The van der Waals surface area contributed by atoms with E-state index in [0.717, 1.165) is 11.3 Å². The highest BCUT2D eigenvalue weighted by molar-refractivity contribution is 7.98. The number of amides is 2. The lowest BCUT2D eigenvalue weighted by molar-refractivity contribution is -0.140. The maximum absolute atomic E-state index is 12.9. The van der Waals surface area contributed by atoms with Crippen molar-refractivity contribution in [3.63, 3.8) is 0 Å².